The Morgan fingerprint density at radius 1 is 1.10 bits per heavy atom. The van der Waals surface area contributed by atoms with Crippen LogP contribution in [-0.2, 0) is 29.7 Å². The number of aromatic nitrogens is 3. The van der Waals surface area contributed by atoms with E-state index >= 15 is 0 Å². The fourth-order valence-corrected chi connectivity index (χ4v) is 4.98. The predicted molar refractivity (Wildman–Crippen MR) is 117 cm³/mol. The average molecular weight is 445 g/mol. The number of nitrogens with zero attached hydrogens (tertiary/aromatic N) is 4. The van der Waals surface area contributed by atoms with Gasteiger partial charge in [-0.2, -0.15) is 0 Å². The molecule has 0 unspecified atom stereocenters. The lowest BCUT2D eigenvalue weighted by Crippen LogP contribution is -2.52. The highest BCUT2D eigenvalue weighted by Crippen LogP contribution is 2.22. The van der Waals surface area contributed by atoms with Crippen molar-refractivity contribution in [1.29, 1.82) is 0 Å². The summed E-state index contributed by atoms with van der Waals surface area (Å²) in [5, 5.41) is 8.02. The molecule has 0 aliphatic carbocycles. The van der Waals surface area contributed by atoms with Gasteiger partial charge in [0.2, 0.25) is 5.82 Å². The zero-order valence-corrected chi connectivity index (χ0v) is 18.7. The average Bonchev–Trinajstić information content (AvgIpc) is 2.92. The van der Waals surface area contributed by atoms with Crippen LogP contribution in [0.25, 0.3) is 5.69 Å². The zero-order chi connectivity index (χ0) is 21.5. The molecular formula is C20H24N6O2S2. The Kier molecular flexibility index (Phi) is 5.39. The summed E-state index contributed by atoms with van der Waals surface area (Å²) in [4.78, 5) is 2.41. The number of sulfonamides is 1. The van der Waals surface area contributed by atoms with Gasteiger partial charge in [-0.25, -0.2) is 13.0 Å². The van der Waals surface area contributed by atoms with Crippen LogP contribution in [0.1, 0.15) is 5.82 Å². The molecule has 0 amide bonds. The van der Waals surface area contributed by atoms with Crippen molar-refractivity contribution >= 4 is 34.0 Å². The van der Waals surface area contributed by atoms with E-state index in [9.17, 15) is 8.42 Å². The quantitative estimate of drug-likeness (QED) is 0.442. The summed E-state index contributed by atoms with van der Waals surface area (Å²) in [6.07, 6.45) is 0. The fraction of sp³-hybridized carbons (Fsp3) is 0.300. The number of rotatable bonds is 6. The van der Waals surface area contributed by atoms with E-state index in [2.05, 4.69) is 27.1 Å². The van der Waals surface area contributed by atoms with Gasteiger partial charge < -0.3 is 22.8 Å². The van der Waals surface area contributed by atoms with E-state index < -0.39 is 10.0 Å². The number of hydrogen-bond acceptors (Lipinski definition) is 6. The molecule has 0 spiro atoms. The number of anilines is 2. The Morgan fingerprint density at radius 2 is 1.80 bits per heavy atom. The Hall–Kier alpha value is -2.69. The Bertz CT molecular complexity index is 1190. The Morgan fingerprint density at radius 3 is 2.47 bits per heavy atom. The van der Waals surface area contributed by atoms with E-state index in [1.54, 1.807) is 45.6 Å². The summed E-state index contributed by atoms with van der Waals surface area (Å²) in [5.41, 5.74) is 1.99. The first-order valence-corrected chi connectivity index (χ1v) is 11.4. The molecule has 0 bridgehead atoms. The molecule has 10 heteroatoms. The highest BCUT2D eigenvalue weighted by Gasteiger charge is 2.23. The van der Waals surface area contributed by atoms with Crippen LogP contribution in [0.15, 0.2) is 58.6 Å². The van der Waals surface area contributed by atoms with Gasteiger partial charge in [0, 0.05) is 36.9 Å². The first kappa shape index (κ1) is 20.6. The van der Waals surface area contributed by atoms with E-state index in [1.807, 2.05) is 26.1 Å². The maximum absolute atomic E-state index is 13.0. The van der Waals surface area contributed by atoms with Crippen molar-refractivity contribution in [2.45, 2.75) is 23.0 Å². The second kappa shape index (κ2) is 7.86. The Balaban J connectivity index is 1.57. The first-order chi connectivity index (χ1) is 14.2. The second-order valence-electron chi connectivity index (χ2n) is 7.53. The van der Waals surface area contributed by atoms with Crippen LogP contribution in [0.3, 0.4) is 0 Å². The largest absolute Gasteiger partial charge is 0.702 e. The van der Waals surface area contributed by atoms with Crippen LogP contribution >= 0.6 is 0 Å². The van der Waals surface area contributed by atoms with Crippen LogP contribution < -0.4 is 14.6 Å². The van der Waals surface area contributed by atoms with Crippen LogP contribution in [0, 0.1) is 6.92 Å². The summed E-state index contributed by atoms with van der Waals surface area (Å²) in [5.74, 6) is 0.848. The van der Waals surface area contributed by atoms with Gasteiger partial charge in [0.15, 0.2) is 5.16 Å². The van der Waals surface area contributed by atoms with E-state index in [-0.39, 0.29) is 4.90 Å². The molecule has 158 valence electrons. The number of aryl methyl sites for hydroxylation is 1. The molecule has 1 aliphatic heterocycles. The molecule has 1 aliphatic rings. The lowest BCUT2D eigenvalue weighted by Gasteiger charge is -2.37. The minimum absolute atomic E-state index is 0.208. The van der Waals surface area contributed by atoms with Crippen LogP contribution in [0.5, 0.6) is 0 Å². The number of nitrogens with one attached hydrogen (secondary N) is 2. The molecule has 2 aromatic carbocycles. The monoisotopic (exact) mass is 444 g/mol. The lowest BCUT2D eigenvalue weighted by atomic mass is 10.1. The van der Waals surface area contributed by atoms with Crippen molar-refractivity contribution in [3.8, 4) is 5.69 Å². The molecule has 1 fully saturated rings. The molecule has 8 nitrogen and oxygen atoms in total. The molecule has 1 saturated heterocycles. The smallest absolute Gasteiger partial charge is 0.261 e. The minimum Gasteiger partial charge on any atom is -0.702 e. The molecule has 2 N–H and O–H groups in total. The summed E-state index contributed by atoms with van der Waals surface area (Å²) in [6, 6.07) is 14.3. The number of likely N-dealkylation sites (tertiary alicyclic amines) is 1. The zero-order valence-electron chi connectivity index (χ0n) is 17.0. The van der Waals surface area contributed by atoms with Crippen molar-refractivity contribution in [2.75, 3.05) is 30.2 Å². The van der Waals surface area contributed by atoms with Gasteiger partial charge in [0.25, 0.3) is 10.0 Å². The third-order valence-corrected chi connectivity index (χ3v) is 6.80. The van der Waals surface area contributed by atoms with Gasteiger partial charge in [-0.1, -0.05) is 12.1 Å². The third-order valence-electron chi connectivity index (χ3n) is 5.15. The van der Waals surface area contributed by atoms with Gasteiger partial charge >= 0.3 is 0 Å². The lowest BCUT2D eigenvalue weighted by molar-refractivity contribution is -0.643. The van der Waals surface area contributed by atoms with E-state index in [1.165, 1.54) is 0 Å². The molecule has 0 atom stereocenters. The summed E-state index contributed by atoms with van der Waals surface area (Å²) >= 11 is 5.32. The number of hydrogen-bond donors (Lipinski definition) is 2. The minimum atomic E-state index is -3.74. The van der Waals surface area contributed by atoms with E-state index in [0.29, 0.717) is 16.9 Å². The van der Waals surface area contributed by atoms with Crippen LogP contribution in [-0.4, -0.2) is 49.3 Å². The second-order valence-corrected chi connectivity index (χ2v) is 9.58. The molecular weight excluding hydrogens is 420 g/mol. The van der Waals surface area contributed by atoms with Crippen LogP contribution in [0.4, 0.5) is 11.4 Å². The molecule has 0 radical (unpaired) electrons. The van der Waals surface area contributed by atoms with E-state index in [4.69, 9.17) is 12.6 Å². The van der Waals surface area contributed by atoms with Gasteiger partial charge in [-0.3, -0.25) is 4.72 Å². The standard InChI is InChI=1S/C20H24N6O2S2/c1-14-25(3)22-20(29)26(14)18-8-4-7-16(10-18)23-30(27,28)19-9-5-6-15(11-19)21-17-12-24(2)13-17/h4-11,17,21,23H,12-13H2,1-3H3. The molecule has 30 heavy (non-hydrogen) atoms. The third kappa shape index (κ3) is 4.11. The van der Waals surface area contributed by atoms with Crippen molar-refractivity contribution < 1.29 is 13.0 Å². The molecule has 4 rings (SSSR count). The van der Waals surface area contributed by atoms with Gasteiger partial charge in [0.1, 0.15) is 5.69 Å². The number of likely N-dealkylation sites (N-methyl/N-ethyl adjacent to an activating group) is 1. The molecule has 2 heterocycles. The molecule has 3 aromatic rings. The summed E-state index contributed by atoms with van der Waals surface area (Å²) in [7, 11) is 0.128. The van der Waals surface area contributed by atoms with Crippen LogP contribution in [0.2, 0.25) is 0 Å². The predicted octanol–water partition coefficient (Wildman–Crippen LogP) is 1.44. The molecule has 0 saturated carbocycles. The Labute approximate surface area is 182 Å². The number of benzene rings is 2. The maximum atomic E-state index is 13.0. The van der Waals surface area contributed by atoms with Gasteiger partial charge in [-0.05, 0) is 37.4 Å². The first-order valence-electron chi connectivity index (χ1n) is 9.54. The SMILES string of the molecule is Cc1n(C)nc([S-])[n+]1-c1cccc(NS(=O)(=O)c2cccc(NC3CN(C)C3)c2)c1. The van der Waals surface area contributed by atoms with Crippen molar-refractivity contribution in [3.63, 3.8) is 0 Å². The molecule has 1 aromatic heterocycles. The maximum Gasteiger partial charge on any atom is 0.261 e. The van der Waals surface area contributed by atoms with Crippen molar-refractivity contribution in [3.05, 3.63) is 54.4 Å². The topological polar surface area (TPSA) is 83.1 Å². The van der Waals surface area contributed by atoms with Crippen molar-refractivity contribution in [2.24, 2.45) is 7.05 Å². The normalized spacial score (nSPS) is 15.0. The summed E-state index contributed by atoms with van der Waals surface area (Å²) < 4.78 is 32.1. The highest BCUT2D eigenvalue weighted by atomic mass is 32.2. The summed E-state index contributed by atoms with van der Waals surface area (Å²) in [6.45, 7) is 3.79. The fourth-order valence-electron chi connectivity index (χ4n) is 3.53. The van der Waals surface area contributed by atoms with Gasteiger partial charge in [-0.15, -0.1) is 4.68 Å². The highest BCUT2D eigenvalue weighted by molar-refractivity contribution is 7.92. The van der Waals surface area contributed by atoms with E-state index in [0.717, 1.165) is 30.3 Å². The van der Waals surface area contributed by atoms with Crippen molar-refractivity contribution in [1.82, 2.24) is 14.7 Å². The van der Waals surface area contributed by atoms with Gasteiger partial charge in [0.05, 0.1) is 23.7 Å².